The lowest BCUT2D eigenvalue weighted by atomic mass is 9.99. The number of carbonyl (C=O) groups excluding carboxylic acids is 1. The average Bonchev–Trinajstić information content (AvgIpc) is 2.99. The monoisotopic (exact) mass is 320 g/mol. The number of carbonyl (C=O) groups is 1. The number of ether oxygens (including phenoxy) is 3. The first-order chi connectivity index (χ1) is 11.1. The zero-order valence-electron chi connectivity index (χ0n) is 13.8. The fourth-order valence-electron chi connectivity index (χ4n) is 3.30. The summed E-state index contributed by atoms with van der Waals surface area (Å²) >= 11 is 0. The van der Waals surface area contributed by atoms with Crippen LogP contribution in [0, 0.1) is 0 Å². The molecule has 1 aromatic rings. The summed E-state index contributed by atoms with van der Waals surface area (Å²) in [6.07, 6.45) is 1.70. The number of rotatable bonds is 4. The molecule has 0 radical (unpaired) electrons. The molecule has 2 fully saturated rings. The maximum Gasteiger partial charge on any atom is 0.262 e. The van der Waals surface area contributed by atoms with Crippen LogP contribution in [-0.4, -0.2) is 68.4 Å². The third-order valence-corrected chi connectivity index (χ3v) is 4.67. The van der Waals surface area contributed by atoms with Crippen LogP contribution in [0.3, 0.4) is 0 Å². The predicted octanol–water partition coefficient (Wildman–Crippen LogP) is 1.35. The zero-order valence-corrected chi connectivity index (χ0v) is 13.8. The van der Waals surface area contributed by atoms with Gasteiger partial charge < -0.3 is 24.0 Å². The maximum atomic E-state index is 12.6. The van der Waals surface area contributed by atoms with Crippen LogP contribution >= 0.6 is 0 Å². The number of nitrogens with zero attached hydrogens (tertiary/aromatic N) is 2. The van der Waals surface area contributed by atoms with Crippen molar-refractivity contribution in [1.82, 2.24) is 9.80 Å². The first-order valence-electron chi connectivity index (χ1n) is 8.03. The van der Waals surface area contributed by atoms with E-state index in [2.05, 4.69) is 11.9 Å². The number of amides is 1. The summed E-state index contributed by atoms with van der Waals surface area (Å²) in [5.74, 6) is 1.19. The third-order valence-electron chi connectivity index (χ3n) is 4.67. The first-order valence-corrected chi connectivity index (χ1v) is 8.03. The largest absolute Gasteiger partial charge is 0.493 e. The van der Waals surface area contributed by atoms with Gasteiger partial charge in [-0.15, -0.1) is 0 Å². The van der Waals surface area contributed by atoms with Crippen LogP contribution in [0.5, 0.6) is 11.5 Å². The van der Waals surface area contributed by atoms with Crippen molar-refractivity contribution < 1.29 is 19.0 Å². The molecule has 0 aromatic heterocycles. The molecule has 6 nitrogen and oxygen atoms in total. The topological polar surface area (TPSA) is 51.2 Å². The second-order valence-corrected chi connectivity index (χ2v) is 6.08. The smallest absolute Gasteiger partial charge is 0.262 e. The molecule has 6 heteroatoms. The van der Waals surface area contributed by atoms with Crippen molar-refractivity contribution in [3.8, 4) is 11.5 Å². The SMILES string of the molecule is COc1ccccc1OCC(=O)N1CCOC12CCN(C)CC2. The van der Waals surface area contributed by atoms with Crippen molar-refractivity contribution in [3.05, 3.63) is 24.3 Å². The Balaban J connectivity index is 1.63. The summed E-state index contributed by atoms with van der Waals surface area (Å²) in [6.45, 7) is 3.12. The van der Waals surface area contributed by atoms with Gasteiger partial charge >= 0.3 is 0 Å². The van der Waals surface area contributed by atoms with Gasteiger partial charge in [-0.3, -0.25) is 4.79 Å². The van der Waals surface area contributed by atoms with Gasteiger partial charge in [-0.05, 0) is 19.2 Å². The minimum atomic E-state index is -0.437. The number of hydrogen-bond acceptors (Lipinski definition) is 5. The second kappa shape index (κ2) is 6.76. The lowest BCUT2D eigenvalue weighted by molar-refractivity contribution is -0.159. The number of methoxy groups -OCH3 is 1. The number of para-hydroxylation sites is 2. The quantitative estimate of drug-likeness (QED) is 0.838. The standard InChI is InChI=1S/C17H24N2O4/c1-18-9-7-17(8-10-18)19(11-12-23-17)16(20)13-22-15-6-4-3-5-14(15)21-2/h3-6H,7-13H2,1-2H3. The van der Waals surface area contributed by atoms with E-state index in [4.69, 9.17) is 14.2 Å². The van der Waals surface area contributed by atoms with E-state index in [1.54, 1.807) is 13.2 Å². The number of likely N-dealkylation sites (tertiary alicyclic amines) is 1. The fourth-order valence-corrected chi connectivity index (χ4v) is 3.30. The molecule has 0 N–H and O–H groups in total. The molecule has 3 rings (SSSR count). The molecule has 126 valence electrons. The van der Waals surface area contributed by atoms with Crippen molar-refractivity contribution in [1.29, 1.82) is 0 Å². The minimum Gasteiger partial charge on any atom is -0.493 e. The molecule has 0 aliphatic carbocycles. The number of piperidine rings is 1. The van der Waals surface area contributed by atoms with Gasteiger partial charge in [0.25, 0.3) is 5.91 Å². The molecule has 2 saturated heterocycles. The Morgan fingerprint density at radius 1 is 1.22 bits per heavy atom. The molecule has 1 aromatic carbocycles. The summed E-state index contributed by atoms with van der Waals surface area (Å²) in [5.41, 5.74) is -0.437. The number of hydrogen-bond donors (Lipinski definition) is 0. The molecule has 1 spiro atoms. The predicted molar refractivity (Wildman–Crippen MR) is 85.6 cm³/mol. The Morgan fingerprint density at radius 2 is 1.91 bits per heavy atom. The van der Waals surface area contributed by atoms with Gasteiger partial charge in [0, 0.05) is 32.5 Å². The Labute approximate surface area is 136 Å². The molecule has 1 amide bonds. The van der Waals surface area contributed by atoms with Gasteiger partial charge in [0.2, 0.25) is 0 Å². The summed E-state index contributed by atoms with van der Waals surface area (Å²) in [5, 5.41) is 0. The van der Waals surface area contributed by atoms with Crippen molar-refractivity contribution in [2.75, 3.05) is 47.0 Å². The van der Waals surface area contributed by atoms with E-state index in [9.17, 15) is 4.79 Å². The highest BCUT2D eigenvalue weighted by atomic mass is 16.5. The van der Waals surface area contributed by atoms with E-state index in [1.165, 1.54) is 0 Å². The van der Waals surface area contributed by atoms with Crippen molar-refractivity contribution >= 4 is 5.91 Å². The van der Waals surface area contributed by atoms with Gasteiger partial charge in [-0.2, -0.15) is 0 Å². The molecular formula is C17H24N2O4. The van der Waals surface area contributed by atoms with Gasteiger partial charge in [0.15, 0.2) is 18.1 Å². The highest BCUT2D eigenvalue weighted by Crippen LogP contribution is 2.34. The van der Waals surface area contributed by atoms with Gasteiger partial charge in [0.05, 0.1) is 13.7 Å². The van der Waals surface area contributed by atoms with E-state index in [1.807, 2.05) is 23.1 Å². The van der Waals surface area contributed by atoms with E-state index in [-0.39, 0.29) is 12.5 Å². The molecule has 23 heavy (non-hydrogen) atoms. The molecule has 0 unspecified atom stereocenters. The van der Waals surface area contributed by atoms with Crippen LogP contribution in [-0.2, 0) is 9.53 Å². The lowest BCUT2D eigenvalue weighted by Crippen LogP contribution is -2.55. The fraction of sp³-hybridized carbons (Fsp3) is 0.588. The second-order valence-electron chi connectivity index (χ2n) is 6.08. The Hall–Kier alpha value is -1.79. The van der Waals surface area contributed by atoms with Gasteiger partial charge in [-0.25, -0.2) is 0 Å². The van der Waals surface area contributed by atoms with Crippen molar-refractivity contribution in [2.45, 2.75) is 18.6 Å². The van der Waals surface area contributed by atoms with Crippen LogP contribution in [0.25, 0.3) is 0 Å². The van der Waals surface area contributed by atoms with Crippen LogP contribution in [0.1, 0.15) is 12.8 Å². The Bertz CT molecular complexity index is 555. The number of benzene rings is 1. The molecular weight excluding hydrogens is 296 g/mol. The van der Waals surface area contributed by atoms with Crippen LogP contribution in [0.2, 0.25) is 0 Å². The van der Waals surface area contributed by atoms with Gasteiger partial charge in [-0.1, -0.05) is 12.1 Å². The van der Waals surface area contributed by atoms with Crippen molar-refractivity contribution in [2.24, 2.45) is 0 Å². The van der Waals surface area contributed by atoms with E-state index < -0.39 is 5.72 Å². The molecule has 2 heterocycles. The van der Waals surface area contributed by atoms with E-state index in [0.717, 1.165) is 25.9 Å². The van der Waals surface area contributed by atoms with E-state index >= 15 is 0 Å². The highest BCUT2D eigenvalue weighted by molar-refractivity contribution is 5.78. The molecule has 0 saturated carbocycles. The minimum absolute atomic E-state index is 0.00131. The normalized spacial score (nSPS) is 20.7. The van der Waals surface area contributed by atoms with Crippen LogP contribution in [0.4, 0.5) is 0 Å². The Morgan fingerprint density at radius 3 is 2.61 bits per heavy atom. The molecule has 2 aliphatic heterocycles. The molecule has 0 atom stereocenters. The summed E-state index contributed by atoms with van der Waals surface area (Å²) < 4.78 is 16.9. The third kappa shape index (κ3) is 3.28. The van der Waals surface area contributed by atoms with E-state index in [0.29, 0.717) is 24.7 Å². The molecule has 0 bridgehead atoms. The first kappa shape index (κ1) is 16.1. The summed E-state index contributed by atoms with van der Waals surface area (Å²) in [7, 11) is 3.69. The van der Waals surface area contributed by atoms with Crippen LogP contribution in [0.15, 0.2) is 24.3 Å². The van der Waals surface area contributed by atoms with Crippen LogP contribution < -0.4 is 9.47 Å². The Kier molecular flexibility index (Phi) is 4.73. The lowest BCUT2D eigenvalue weighted by Gasteiger charge is -2.42. The summed E-state index contributed by atoms with van der Waals surface area (Å²) in [6, 6.07) is 7.35. The summed E-state index contributed by atoms with van der Waals surface area (Å²) in [4.78, 5) is 16.8. The van der Waals surface area contributed by atoms with Gasteiger partial charge in [0.1, 0.15) is 5.72 Å². The molecule has 2 aliphatic rings. The van der Waals surface area contributed by atoms with Crippen molar-refractivity contribution in [3.63, 3.8) is 0 Å². The zero-order chi connectivity index (χ0) is 16.3. The maximum absolute atomic E-state index is 12.6. The average molecular weight is 320 g/mol. The highest BCUT2D eigenvalue weighted by Gasteiger charge is 2.46.